The number of halogens is 4. The highest BCUT2D eigenvalue weighted by molar-refractivity contribution is 7.99. The first-order valence-corrected chi connectivity index (χ1v) is 7.97. The lowest BCUT2D eigenvalue weighted by Crippen LogP contribution is -2.10. The van der Waals surface area contributed by atoms with Crippen molar-refractivity contribution in [2.24, 2.45) is 7.05 Å². The van der Waals surface area contributed by atoms with Crippen LogP contribution in [0.4, 0.5) is 13.2 Å². The topological polar surface area (TPSA) is 43.6 Å². The molecule has 0 amide bonds. The number of hydrogen-bond donors (Lipinski definition) is 0. The second kappa shape index (κ2) is 6.92. The highest BCUT2D eigenvalue weighted by Gasteiger charge is 2.32. The zero-order chi connectivity index (χ0) is 17.2. The minimum atomic E-state index is -4.47. The summed E-state index contributed by atoms with van der Waals surface area (Å²) in [5.74, 6) is 0.866. The van der Waals surface area contributed by atoms with Crippen molar-refractivity contribution < 1.29 is 13.2 Å². The number of alkyl halides is 3. The van der Waals surface area contributed by atoms with E-state index in [4.69, 9.17) is 11.6 Å². The van der Waals surface area contributed by atoms with Crippen LogP contribution in [-0.2, 0) is 13.2 Å². The standard InChI is InChI=1S/C14H14ClF3N4S/c1-4-5-23-13-21-20-12(22(13)3)8(2)11-10(15)6-9(7-19-11)14(16,17)18/h4,6-8H,1,5H2,2-3H3/t8-/m1/s1. The van der Waals surface area contributed by atoms with Gasteiger partial charge in [0, 0.05) is 19.0 Å². The zero-order valence-electron chi connectivity index (χ0n) is 12.4. The van der Waals surface area contributed by atoms with Crippen molar-refractivity contribution in [2.45, 2.75) is 24.2 Å². The maximum atomic E-state index is 12.7. The molecule has 2 aromatic rings. The molecule has 2 rings (SSSR count). The van der Waals surface area contributed by atoms with Crippen LogP contribution in [-0.4, -0.2) is 25.5 Å². The summed E-state index contributed by atoms with van der Waals surface area (Å²) in [6, 6.07) is 0.879. The minimum absolute atomic E-state index is 0.0457. The molecule has 23 heavy (non-hydrogen) atoms. The fourth-order valence-corrected chi connectivity index (χ4v) is 2.99. The summed E-state index contributed by atoms with van der Waals surface area (Å²) in [5, 5.41) is 8.80. The van der Waals surface area contributed by atoms with E-state index in [1.165, 1.54) is 11.8 Å². The number of hydrogen-bond acceptors (Lipinski definition) is 4. The molecule has 0 aromatic carbocycles. The Bertz CT molecular complexity index is 715. The van der Waals surface area contributed by atoms with Crippen molar-refractivity contribution >= 4 is 23.4 Å². The predicted molar refractivity (Wildman–Crippen MR) is 83.7 cm³/mol. The Balaban J connectivity index is 2.32. The van der Waals surface area contributed by atoms with Gasteiger partial charge in [0.05, 0.1) is 22.2 Å². The van der Waals surface area contributed by atoms with Crippen molar-refractivity contribution in [2.75, 3.05) is 5.75 Å². The van der Waals surface area contributed by atoms with Crippen molar-refractivity contribution in [3.8, 4) is 0 Å². The van der Waals surface area contributed by atoms with Crippen LogP contribution in [0.2, 0.25) is 5.02 Å². The molecule has 0 unspecified atom stereocenters. The number of aromatic nitrogens is 4. The van der Waals surface area contributed by atoms with E-state index in [1.807, 2.05) is 0 Å². The summed E-state index contributed by atoms with van der Waals surface area (Å²) in [6.07, 6.45) is -1.95. The maximum Gasteiger partial charge on any atom is 0.417 e. The van der Waals surface area contributed by atoms with E-state index < -0.39 is 11.7 Å². The summed E-state index contributed by atoms with van der Waals surface area (Å²) in [6.45, 7) is 5.41. The van der Waals surface area contributed by atoms with Gasteiger partial charge in [-0.3, -0.25) is 4.98 Å². The molecule has 0 aliphatic carbocycles. The van der Waals surface area contributed by atoms with Crippen molar-refractivity contribution in [1.29, 1.82) is 0 Å². The highest BCUT2D eigenvalue weighted by Crippen LogP contribution is 2.34. The van der Waals surface area contributed by atoms with Gasteiger partial charge in [0.1, 0.15) is 5.82 Å². The lowest BCUT2D eigenvalue weighted by molar-refractivity contribution is -0.137. The minimum Gasteiger partial charge on any atom is -0.309 e. The Hall–Kier alpha value is -1.54. The summed E-state index contributed by atoms with van der Waals surface area (Å²) >= 11 is 7.44. The maximum absolute atomic E-state index is 12.7. The molecule has 1 atom stereocenters. The number of thioether (sulfide) groups is 1. The molecule has 9 heteroatoms. The average molecular weight is 363 g/mol. The second-order valence-corrected chi connectivity index (χ2v) is 6.20. The van der Waals surface area contributed by atoms with Gasteiger partial charge in [0.25, 0.3) is 0 Å². The normalized spacial score (nSPS) is 13.1. The lowest BCUT2D eigenvalue weighted by Gasteiger charge is -2.14. The molecule has 0 spiro atoms. The zero-order valence-corrected chi connectivity index (χ0v) is 14.0. The fraction of sp³-hybridized carbons (Fsp3) is 0.357. The molecule has 2 aromatic heterocycles. The van der Waals surface area contributed by atoms with Crippen LogP contribution >= 0.6 is 23.4 Å². The number of nitrogens with zero attached hydrogens (tertiary/aromatic N) is 4. The first kappa shape index (κ1) is 17.8. The van der Waals surface area contributed by atoms with Gasteiger partial charge < -0.3 is 4.57 Å². The van der Waals surface area contributed by atoms with Gasteiger partial charge in [-0.2, -0.15) is 13.2 Å². The van der Waals surface area contributed by atoms with Gasteiger partial charge in [0.2, 0.25) is 0 Å². The molecule has 0 saturated heterocycles. The molecule has 4 nitrogen and oxygen atoms in total. The molecule has 0 aliphatic rings. The van der Waals surface area contributed by atoms with Crippen LogP contribution in [0.1, 0.15) is 29.9 Å². The smallest absolute Gasteiger partial charge is 0.309 e. The van der Waals surface area contributed by atoms with E-state index in [-0.39, 0.29) is 10.9 Å². The number of rotatable bonds is 5. The molecule has 2 heterocycles. The van der Waals surface area contributed by atoms with E-state index >= 15 is 0 Å². The molecule has 0 N–H and O–H groups in total. The van der Waals surface area contributed by atoms with Gasteiger partial charge in [-0.1, -0.05) is 29.4 Å². The largest absolute Gasteiger partial charge is 0.417 e. The monoisotopic (exact) mass is 362 g/mol. The Morgan fingerprint density at radius 1 is 1.43 bits per heavy atom. The van der Waals surface area contributed by atoms with Gasteiger partial charge >= 0.3 is 6.18 Å². The summed E-state index contributed by atoms with van der Waals surface area (Å²) < 4.78 is 39.8. The summed E-state index contributed by atoms with van der Waals surface area (Å²) in [5.41, 5.74) is -0.547. The lowest BCUT2D eigenvalue weighted by atomic mass is 10.1. The molecule has 0 saturated carbocycles. The Morgan fingerprint density at radius 3 is 2.70 bits per heavy atom. The number of pyridine rings is 1. The van der Waals surface area contributed by atoms with Crippen LogP contribution in [0.5, 0.6) is 0 Å². The van der Waals surface area contributed by atoms with Gasteiger partial charge in [-0.05, 0) is 13.0 Å². The molecule has 0 bridgehead atoms. The van der Waals surface area contributed by atoms with Crippen molar-refractivity contribution in [3.05, 3.63) is 47.0 Å². The molecule has 0 fully saturated rings. The third kappa shape index (κ3) is 3.87. The average Bonchev–Trinajstić information content (AvgIpc) is 2.84. The first-order chi connectivity index (χ1) is 10.8. The molecular weight excluding hydrogens is 349 g/mol. The van der Waals surface area contributed by atoms with E-state index in [0.29, 0.717) is 22.4 Å². The Kier molecular flexibility index (Phi) is 5.36. The first-order valence-electron chi connectivity index (χ1n) is 6.61. The van der Waals surface area contributed by atoms with Crippen molar-refractivity contribution in [1.82, 2.24) is 19.7 Å². The van der Waals surface area contributed by atoms with Gasteiger partial charge in [0.15, 0.2) is 5.16 Å². The summed E-state index contributed by atoms with van der Waals surface area (Å²) in [4.78, 5) is 3.88. The quantitative estimate of drug-likeness (QED) is 0.587. The van der Waals surface area contributed by atoms with E-state index in [1.54, 1.807) is 24.6 Å². The van der Waals surface area contributed by atoms with Gasteiger partial charge in [-0.25, -0.2) is 0 Å². The third-order valence-electron chi connectivity index (χ3n) is 3.19. The molecule has 0 radical (unpaired) electrons. The SMILES string of the molecule is C=CCSc1nnc([C@H](C)c2ncc(C(F)(F)F)cc2Cl)n1C. The highest BCUT2D eigenvalue weighted by atomic mass is 35.5. The van der Waals surface area contributed by atoms with E-state index in [2.05, 4.69) is 21.8 Å². The van der Waals surface area contributed by atoms with Crippen LogP contribution in [0.3, 0.4) is 0 Å². The fourth-order valence-electron chi connectivity index (χ4n) is 2.01. The van der Waals surface area contributed by atoms with Crippen LogP contribution in [0, 0.1) is 0 Å². The van der Waals surface area contributed by atoms with Crippen LogP contribution < -0.4 is 0 Å². The van der Waals surface area contributed by atoms with Gasteiger partial charge in [-0.15, -0.1) is 16.8 Å². The Labute approximate surface area is 140 Å². The second-order valence-electron chi connectivity index (χ2n) is 4.81. The van der Waals surface area contributed by atoms with Crippen LogP contribution in [0.25, 0.3) is 0 Å². The molecular formula is C14H14ClF3N4S. The predicted octanol–water partition coefficient (Wildman–Crippen LogP) is 4.31. The Morgan fingerprint density at radius 2 is 2.13 bits per heavy atom. The van der Waals surface area contributed by atoms with E-state index in [0.717, 1.165) is 12.3 Å². The molecule has 124 valence electrons. The summed E-state index contributed by atoms with van der Waals surface area (Å²) in [7, 11) is 1.79. The van der Waals surface area contributed by atoms with Crippen LogP contribution in [0.15, 0.2) is 30.1 Å². The van der Waals surface area contributed by atoms with E-state index in [9.17, 15) is 13.2 Å². The molecule has 0 aliphatic heterocycles. The third-order valence-corrected chi connectivity index (χ3v) is 4.51. The van der Waals surface area contributed by atoms with Crippen molar-refractivity contribution in [3.63, 3.8) is 0 Å².